The molecule has 0 aliphatic heterocycles. The number of nitrogens with one attached hydrogen (secondary N) is 1. The summed E-state index contributed by atoms with van der Waals surface area (Å²) in [6.07, 6.45) is 2.62. The molecule has 0 aliphatic rings. The molecule has 0 amide bonds. The Bertz CT molecular complexity index is 538. The molecule has 0 heterocycles. The molecule has 1 aromatic carbocycles. The number of ether oxygens (including phenoxy) is 1. The van der Waals surface area contributed by atoms with Gasteiger partial charge >= 0.3 is 0 Å². The van der Waals surface area contributed by atoms with Gasteiger partial charge in [-0.1, -0.05) is 13.3 Å². The quantitative estimate of drug-likeness (QED) is 0.540. The lowest BCUT2D eigenvalue weighted by molar-refractivity contribution is 0.130. The Morgan fingerprint density at radius 3 is 2.57 bits per heavy atom. The highest BCUT2D eigenvalue weighted by Crippen LogP contribution is 2.20. The normalized spacial score (nSPS) is 11.8. The molecule has 7 heteroatoms. The fraction of sp³-hybridized carbons (Fsp3) is 0.571. The van der Waals surface area contributed by atoms with Crippen LogP contribution < -0.4 is 10.5 Å². The molecule has 0 fully saturated rings. The maximum Gasteiger partial charge on any atom is 0.240 e. The lowest BCUT2D eigenvalue weighted by Crippen LogP contribution is -2.26. The summed E-state index contributed by atoms with van der Waals surface area (Å²) >= 11 is 0. The van der Waals surface area contributed by atoms with Gasteiger partial charge in [-0.05, 0) is 31.9 Å². The van der Waals surface area contributed by atoms with E-state index in [9.17, 15) is 12.8 Å². The van der Waals surface area contributed by atoms with E-state index in [1.54, 1.807) is 0 Å². The third-order valence-corrected chi connectivity index (χ3v) is 4.51. The number of anilines is 1. The number of hydrogen-bond acceptors (Lipinski definition) is 4. The number of halogens is 1. The predicted octanol–water partition coefficient (Wildman–Crippen LogP) is 2.20. The molecule has 3 N–H and O–H groups in total. The van der Waals surface area contributed by atoms with Crippen LogP contribution in [0.25, 0.3) is 0 Å². The Hall–Kier alpha value is -1.18. The van der Waals surface area contributed by atoms with E-state index in [0.29, 0.717) is 19.6 Å². The zero-order valence-corrected chi connectivity index (χ0v) is 13.3. The Morgan fingerprint density at radius 2 is 1.95 bits per heavy atom. The van der Waals surface area contributed by atoms with Gasteiger partial charge in [-0.2, -0.15) is 0 Å². The second-order valence-corrected chi connectivity index (χ2v) is 6.60. The van der Waals surface area contributed by atoms with E-state index in [0.717, 1.165) is 18.9 Å². The van der Waals surface area contributed by atoms with Gasteiger partial charge in [0.05, 0.1) is 4.90 Å². The summed E-state index contributed by atoms with van der Waals surface area (Å²) in [4.78, 5) is -0.157. The van der Waals surface area contributed by atoms with Gasteiger partial charge in [0, 0.05) is 31.0 Å². The maximum absolute atomic E-state index is 13.5. The summed E-state index contributed by atoms with van der Waals surface area (Å²) in [7, 11) is -3.75. The fourth-order valence-corrected chi connectivity index (χ4v) is 2.76. The lowest BCUT2D eigenvalue weighted by Gasteiger charge is -2.09. The third-order valence-electron chi connectivity index (χ3n) is 3.07. The van der Waals surface area contributed by atoms with Crippen molar-refractivity contribution in [1.29, 1.82) is 0 Å². The largest absolute Gasteiger partial charge is 0.398 e. The van der Waals surface area contributed by atoms with Gasteiger partial charge in [-0.15, -0.1) is 0 Å². The Kier molecular flexibility index (Phi) is 7.07. The topological polar surface area (TPSA) is 81.4 Å². The van der Waals surface area contributed by atoms with Crippen LogP contribution in [0, 0.1) is 12.7 Å². The van der Waals surface area contributed by atoms with Crippen LogP contribution in [0.4, 0.5) is 10.1 Å². The van der Waals surface area contributed by atoms with Gasteiger partial charge in [0.2, 0.25) is 10.0 Å². The van der Waals surface area contributed by atoms with Crippen molar-refractivity contribution in [2.75, 3.05) is 25.5 Å². The molecule has 0 aliphatic carbocycles. The number of hydrogen-bond donors (Lipinski definition) is 2. The summed E-state index contributed by atoms with van der Waals surface area (Å²) in [6, 6.07) is 2.24. The molecule has 0 saturated carbocycles. The first-order valence-electron chi connectivity index (χ1n) is 7.01. The minimum absolute atomic E-state index is 0.123. The van der Waals surface area contributed by atoms with E-state index < -0.39 is 15.8 Å². The third kappa shape index (κ3) is 5.61. The second kappa shape index (κ2) is 8.31. The summed E-state index contributed by atoms with van der Waals surface area (Å²) in [6.45, 7) is 4.99. The van der Waals surface area contributed by atoms with Gasteiger partial charge in [0.15, 0.2) is 0 Å². The van der Waals surface area contributed by atoms with Gasteiger partial charge < -0.3 is 10.5 Å². The van der Waals surface area contributed by atoms with Crippen LogP contribution in [0.1, 0.15) is 31.7 Å². The summed E-state index contributed by atoms with van der Waals surface area (Å²) in [5.74, 6) is -0.627. The van der Waals surface area contributed by atoms with Gasteiger partial charge in [0.25, 0.3) is 0 Å². The highest BCUT2D eigenvalue weighted by Gasteiger charge is 2.16. The second-order valence-electron chi connectivity index (χ2n) is 4.84. The summed E-state index contributed by atoms with van der Waals surface area (Å²) in [5.41, 5.74) is 5.96. The zero-order valence-electron chi connectivity index (χ0n) is 12.5. The van der Waals surface area contributed by atoms with Crippen LogP contribution in [-0.4, -0.2) is 28.2 Å². The molecule has 0 spiro atoms. The highest BCUT2D eigenvalue weighted by atomic mass is 32.2. The smallest absolute Gasteiger partial charge is 0.240 e. The van der Waals surface area contributed by atoms with Crippen LogP contribution in [0.3, 0.4) is 0 Å². The van der Waals surface area contributed by atoms with Crippen LogP contribution in [-0.2, 0) is 14.8 Å². The average Bonchev–Trinajstić information content (AvgIpc) is 2.43. The fourth-order valence-electron chi connectivity index (χ4n) is 1.64. The molecule has 0 radical (unpaired) electrons. The monoisotopic (exact) mass is 318 g/mol. The molecular weight excluding hydrogens is 295 g/mol. The maximum atomic E-state index is 13.5. The first kappa shape index (κ1) is 17.9. The van der Waals surface area contributed by atoms with E-state index in [-0.39, 0.29) is 22.7 Å². The molecule has 21 heavy (non-hydrogen) atoms. The van der Waals surface area contributed by atoms with Crippen LogP contribution in [0.2, 0.25) is 0 Å². The van der Waals surface area contributed by atoms with Gasteiger partial charge in [-0.25, -0.2) is 17.5 Å². The average molecular weight is 318 g/mol. The SMILES string of the molecule is CCCCOCCCNS(=O)(=O)c1cc(N)c(C)c(F)c1. The zero-order chi connectivity index (χ0) is 15.9. The first-order chi connectivity index (χ1) is 9.88. The Morgan fingerprint density at radius 1 is 1.29 bits per heavy atom. The lowest BCUT2D eigenvalue weighted by atomic mass is 10.2. The van der Waals surface area contributed by atoms with Gasteiger partial charge in [-0.3, -0.25) is 0 Å². The van der Waals surface area contributed by atoms with Gasteiger partial charge in [0.1, 0.15) is 5.82 Å². The van der Waals surface area contributed by atoms with E-state index in [1.165, 1.54) is 13.0 Å². The van der Waals surface area contributed by atoms with Crippen molar-refractivity contribution in [3.63, 3.8) is 0 Å². The van der Waals surface area contributed by atoms with Crippen molar-refractivity contribution in [2.45, 2.75) is 38.0 Å². The summed E-state index contributed by atoms with van der Waals surface area (Å²) in [5, 5.41) is 0. The number of nitrogens with two attached hydrogens (primary N) is 1. The van der Waals surface area contributed by atoms with E-state index >= 15 is 0 Å². The first-order valence-corrected chi connectivity index (χ1v) is 8.50. The number of benzene rings is 1. The molecule has 1 rings (SSSR count). The number of nitrogen functional groups attached to an aromatic ring is 1. The molecule has 1 aromatic rings. The standard InChI is InChI=1S/C14H23FN2O3S/c1-3-4-7-20-8-5-6-17-21(18,19)12-9-13(15)11(2)14(16)10-12/h9-10,17H,3-8,16H2,1-2H3. The predicted molar refractivity (Wildman–Crippen MR) is 81.1 cm³/mol. The van der Waals surface area contributed by atoms with Crippen molar-refractivity contribution < 1.29 is 17.5 Å². The van der Waals surface area contributed by atoms with E-state index in [4.69, 9.17) is 10.5 Å². The van der Waals surface area contributed by atoms with Crippen LogP contribution >= 0.6 is 0 Å². The van der Waals surface area contributed by atoms with Crippen molar-refractivity contribution in [1.82, 2.24) is 4.72 Å². The van der Waals surface area contributed by atoms with E-state index in [1.807, 2.05) is 0 Å². The molecule has 120 valence electrons. The van der Waals surface area contributed by atoms with Crippen molar-refractivity contribution >= 4 is 15.7 Å². The van der Waals surface area contributed by atoms with Crippen molar-refractivity contribution in [3.05, 3.63) is 23.5 Å². The van der Waals surface area contributed by atoms with Crippen molar-refractivity contribution in [3.8, 4) is 0 Å². The van der Waals surface area contributed by atoms with Crippen LogP contribution in [0.15, 0.2) is 17.0 Å². The molecule has 0 saturated heterocycles. The number of sulfonamides is 1. The molecule has 0 unspecified atom stereocenters. The molecular formula is C14H23FN2O3S. The van der Waals surface area contributed by atoms with Crippen LogP contribution in [0.5, 0.6) is 0 Å². The molecule has 0 bridgehead atoms. The molecule has 0 atom stereocenters. The summed E-state index contributed by atoms with van der Waals surface area (Å²) < 4.78 is 45.3. The van der Waals surface area contributed by atoms with Crippen molar-refractivity contribution in [2.24, 2.45) is 0 Å². The highest BCUT2D eigenvalue weighted by molar-refractivity contribution is 7.89. The molecule has 0 aromatic heterocycles. The van der Waals surface area contributed by atoms with E-state index in [2.05, 4.69) is 11.6 Å². The number of rotatable bonds is 9. The Balaban J connectivity index is 2.51. The minimum atomic E-state index is -3.75. The minimum Gasteiger partial charge on any atom is -0.398 e. The number of unbranched alkanes of at least 4 members (excludes halogenated alkanes) is 1. The molecule has 5 nitrogen and oxygen atoms in total. The Labute approximate surface area is 125 Å².